The second-order valence-electron chi connectivity index (χ2n) is 6.87. The number of phenolic OH excluding ortho intramolecular Hbond substituents is 1. The lowest BCUT2D eigenvalue weighted by Gasteiger charge is -2.14. The third-order valence-electron chi connectivity index (χ3n) is 5.07. The standard InChI is InChI=1S/C25H21NO4/c1-29-24-15-18(27)13-12-17(24)7-6-14-26-25(28)30-16-23-21-10-4-2-8-19(21)20-9-3-5-11-22(20)23/h2-5,8-13,15,23,27H,14,16H2,1H3,(H,26,28). The lowest BCUT2D eigenvalue weighted by molar-refractivity contribution is 0.144. The number of rotatable bonds is 4. The normalized spacial score (nSPS) is 11.6. The lowest BCUT2D eigenvalue weighted by atomic mass is 9.98. The molecule has 0 heterocycles. The van der Waals surface area contributed by atoms with Crippen molar-refractivity contribution in [3.63, 3.8) is 0 Å². The van der Waals surface area contributed by atoms with Crippen molar-refractivity contribution in [2.24, 2.45) is 0 Å². The molecule has 5 heteroatoms. The Balaban J connectivity index is 1.35. The average Bonchev–Trinajstić information content (AvgIpc) is 3.10. The van der Waals surface area contributed by atoms with E-state index in [0.717, 1.165) is 0 Å². The van der Waals surface area contributed by atoms with Crippen LogP contribution in [-0.2, 0) is 4.74 Å². The number of alkyl carbamates (subject to hydrolysis) is 1. The van der Waals surface area contributed by atoms with Crippen LogP contribution >= 0.6 is 0 Å². The van der Waals surface area contributed by atoms with Crippen LogP contribution in [0.5, 0.6) is 11.5 Å². The highest BCUT2D eigenvalue weighted by molar-refractivity contribution is 5.79. The molecule has 3 aromatic rings. The maximum atomic E-state index is 12.1. The van der Waals surface area contributed by atoms with Crippen LogP contribution in [0.1, 0.15) is 22.6 Å². The van der Waals surface area contributed by atoms with Crippen molar-refractivity contribution in [3.8, 4) is 34.5 Å². The topological polar surface area (TPSA) is 67.8 Å². The van der Waals surface area contributed by atoms with Crippen molar-refractivity contribution in [2.75, 3.05) is 20.3 Å². The number of carbonyl (C=O) groups excluding carboxylic acids is 1. The molecule has 4 rings (SSSR count). The summed E-state index contributed by atoms with van der Waals surface area (Å²) < 4.78 is 10.7. The van der Waals surface area contributed by atoms with E-state index in [1.807, 2.05) is 24.3 Å². The number of fused-ring (bicyclic) bond motifs is 3. The Morgan fingerprint density at radius 3 is 2.37 bits per heavy atom. The van der Waals surface area contributed by atoms with E-state index in [9.17, 15) is 9.90 Å². The first-order valence-electron chi connectivity index (χ1n) is 9.62. The summed E-state index contributed by atoms with van der Waals surface area (Å²) in [6.07, 6.45) is -0.510. The molecule has 0 atom stereocenters. The molecule has 150 valence electrons. The van der Waals surface area contributed by atoms with Crippen LogP contribution in [0.15, 0.2) is 66.7 Å². The molecule has 0 aromatic heterocycles. The second kappa shape index (κ2) is 8.62. The molecular weight excluding hydrogens is 378 g/mol. The molecule has 0 unspecified atom stereocenters. The van der Waals surface area contributed by atoms with Gasteiger partial charge in [0.25, 0.3) is 0 Å². The molecule has 5 nitrogen and oxygen atoms in total. The monoisotopic (exact) mass is 399 g/mol. The molecule has 0 bridgehead atoms. The van der Waals surface area contributed by atoms with Gasteiger partial charge in [0.05, 0.1) is 19.2 Å². The molecule has 3 aromatic carbocycles. The Hall–Kier alpha value is -3.91. The summed E-state index contributed by atoms with van der Waals surface area (Å²) >= 11 is 0. The van der Waals surface area contributed by atoms with Crippen molar-refractivity contribution in [1.82, 2.24) is 5.32 Å². The van der Waals surface area contributed by atoms with Gasteiger partial charge in [-0.2, -0.15) is 0 Å². The summed E-state index contributed by atoms with van der Waals surface area (Å²) in [6.45, 7) is 0.403. The van der Waals surface area contributed by atoms with E-state index < -0.39 is 6.09 Å². The third kappa shape index (κ3) is 3.94. The van der Waals surface area contributed by atoms with Gasteiger partial charge < -0.3 is 19.9 Å². The first kappa shape index (κ1) is 19.4. The fourth-order valence-corrected chi connectivity index (χ4v) is 3.69. The highest BCUT2D eigenvalue weighted by Gasteiger charge is 2.28. The Morgan fingerprint density at radius 1 is 1.03 bits per heavy atom. The maximum Gasteiger partial charge on any atom is 0.407 e. The van der Waals surface area contributed by atoms with Gasteiger partial charge in [0.1, 0.15) is 18.1 Å². The number of phenols is 1. The van der Waals surface area contributed by atoms with E-state index in [2.05, 4.69) is 41.4 Å². The molecule has 2 N–H and O–H groups in total. The molecule has 0 fully saturated rings. The zero-order valence-corrected chi connectivity index (χ0v) is 16.5. The molecule has 0 radical (unpaired) electrons. The minimum absolute atomic E-state index is 0.0236. The Morgan fingerprint density at radius 2 is 1.70 bits per heavy atom. The van der Waals surface area contributed by atoms with Crippen molar-refractivity contribution in [2.45, 2.75) is 5.92 Å². The fourth-order valence-electron chi connectivity index (χ4n) is 3.69. The first-order valence-corrected chi connectivity index (χ1v) is 9.62. The number of hydrogen-bond donors (Lipinski definition) is 2. The van der Waals surface area contributed by atoms with E-state index in [-0.39, 0.29) is 24.8 Å². The summed E-state index contributed by atoms with van der Waals surface area (Å²) in [4.78, 5) is 12.1. The number of benzene rings is 3. The van der Waals surface area contributed by atoms with Gasteiger partial charge in [-0.05, 0) is 34.4 Å². The smallest absolute Gasteiger partial charge is 0.407 e. The molecule has 1 aliphatic carbocycles. The van der Waals surface area contributed by atoms with Gasteiger partial charge in [-0.3, -0.25) is 0 Å². The zero-order valence-electron chi connectivity index (χ0n) is 16.5. The molecular formula is C25H21NO4. The minimum atomic E-state index is -0.510. The van der Waals surface area contributed by atoms with Crippen molar-refractivity contribution < 1.29 is 19.4 Å². The van der Waals surface area contributed by atoms with Crippen LogP contribution in [0.3, 0.4) is 0 Å². The lowest BCUT2D eigenvalue weighted by Crippen LogP contribution is -2.26. The molecule has 1 amide bonds. The van der Waals surface area contributed by atoms with Gasteiger partial charge in [-0.1, -0.05) is 60.4 Å². The predicted octanol–water partition coefficient (Wildman–Crippen LogP) is 4.29. The quantitative estimate of drug-likeness (QED) is 0.642. The summed E-state index contributed by atoms with van der Waals surface area (Å²) in [5, 5.41) is 12.1. The summed E-state index contributed by atoms with van der Waals surface area (Å²) in [7, 11) is 1.51. The van der Waals surface area contributed by atoms with Gasteiger partial charge in [0, 0.05) is 12.0 Å². The predicted molar refractivity (Wildman–Crippen MR) is 115 cm³/mol. The van der Waals surface area contributed by atoms with Crippen molar-refractivity contribution in [3.05, 3.63) is 83.4 Å². The van der Waals surface area contributed by atoms with Gasteiger partial charge >= 0.3 is 6.09 Å². The number of ether oxygens (including phenoxy) is 2. The van der Waals surface area contributed by atoms with Crippen molar-refractivity contribution >= 4 is 6.09 Å². The van der Waals surface area contributed by atoms with Gasteiger partial charge in [0.15, 0.2) is 0 Å². The highest BCUT2D eigenvalue weighted by Crippen LogP contribution is 2.44. The van der Waals surface area contributed by atoms with Gasteiger partial charge in [-0.15, -0.1) is 0 Å². The van der Waals surface area contributed by atoms with Crippen LogP contribution in [0, 0.1) is 11.8 Å². The number of aromatic hydroxyl groups is 1. The fraction of sp³-hybridized carbons (Fsp3) is 0.160. The number of amides is 1. The number of methoxy groups -OCH3 is 1. The minimum Gasteiger partial charge on any atom is -0.508 e. The Kier molecular flexibility index (Phi) is 5.58. The molecule has 0 saturated carbocycles. The maximum absolute atomic E-state index is 12.1. The highest BCUT2D eigenvalue weighted by atomic mass is 16.5. The van der Waals surface area contributed by atoms with E-state index in [1.165, 1.54) is 41.5 Å². The molecule has 0 spiro atoms. The van der Waals surface area contributed by atoms with Crippen molar-refractivity contribution in [1.29, 1.82) is 0 Å². The van der Waals surface area contributed by atoms with Crippen LogP contribution in [0.2, 0.25) is 0 Å². The SMILES string of the molecule is COc1cc(O)ccc1C#CCNC(=O)OCC1c2ccccc2-c2ccccc21. The van der Waals surface area contributed by atoms with E-state index in [1.54, 1.807) is 6.07 Å². The first-order chi connectivity index (χ1) is 14.7. The van der Waals surface area contributed by atoms with Crippen LogP contribution in [-0.4, -0.2) is 31.5 Å². The summed E-state index contributed by atoms with van der Waals surface area (Å²) in [5.41, 5.74) is 5.35. The largest absolute Gasteiger partial charge is 0.508 e. The molecule has 0 saturated heterocycles. The molecule has 0 aliphatic heterocycles. The Bertz CT molecular complexity index is 1100. The van der Waals surface area contributed by atoms with E-state index in [4.69, 9.17) is 9.47 Å². The van der Waals surface area contributed by atoms with Crippen LogP contribution in [0.4, 0.5) is 4.79 Å². The molecule has 30 heavy (non-hydrogen) atoms. The number of carbonyl (C=O) groups is 1. The van der Waals surface area contributed by atoms with E-state index >= 15 is 0 Å². The summed E-state index contributed by atoms with van der Waals surface area (Å²) in [6, 6.07) is 21.1. The Labute approximate surface area is 175 Å². The summed E-state index contributed by atoms with van der Waals surface area (Å²) in [5.74, 6) is 6.38. The van der Waals surface area contributed by atoms with Gasteiger partial charge in [-0.25, -0.2) is 4.79 Å². The van der Waals surface area contributed by atoms with Crippen LogP contribution in [0.25, 0.3) is 11.1 Å². The number of nitrogens with one attached hydrogen (secondary N) is 1. The average molecular weight is 399 g/mol. The van der Waals surface area contributed by atoms with Gasteiger partial charge in [0.2, 0.25) is 0 Å². The second-order valence-corrected chi connectivity index (χ2v) is 6.87. The molecule has 1 aliphatic rings. The third-order valence-corrected chi connectivity index (χ3v) is 5.07. The van der Waals surface area contributed by atoms with Crippen LogP contribution < -0.4 is 10.1 Å². The number of hydrogen-bond acceptors (Lipinski definition) is 4. The van der Waals surface area contributed by atoms with E-state index in [0.29, 0.717) is 11.3 Å². The zero-order chi connectivity index (χ0) is 20.9.